The molecule has 0 aliphatic rings. The Balaban J connectivity index is 1.83. The third kappa shape index (κ3) is 4.34. The van der Waals surface area contributed by atoms with Crippen molar-refractivity contribution in [3.05, 3.63) is 83.4 Å². The van der Waals surface area contributed by atoms with Crippen LogP contribution in [0.5, 0.6) is 5.75 Å². The van der Waals surface area contributed by atoms with E-state index in [1.165, 1.54) is 10.3 Å². The van der Waals surface area contributed by atoms with Crippen LogP contribution in [-0.2, 0) is 11.4 Å². The second kappa shape index (κ2) is 8.20. The first-order chi connectivity index (χ1) is 13.1. The molecule has 4 nitrogen and oxygen atoms in total. The molecule has 0 atom stereocenters. The SMILES string of the molecule is CN(C)C(=O)/C(C#N)=C\c1ccccc1OCc1ccc2ccccc2c1. The molecule has 0 aliphatic carbocycles. The van der Waals surface area contributed by atoms with Gasteiger partial charge in [-0.3, -0.25) is 4.79 Å². The van der Waals surface area contributed by atoms with Gasteiger partial charge in [0.1, 0.15) is 24.0 Å². The average molecular weight is 356 g/mol. The molecule has 0 fully saturated rings. The summed E-state index contributed by atoms with van der Waals surface area (Å²) in [6.45, 7) is 0.402. The molecule has 0 saturated carbocycles. The number of amides is 1. The predicted octanol–water partition coefficient (Wildman–Crippen LogP) is 4.41. The van der Waals surface area contributed by atoms with Gasteiger partial charge in [0.25, 0.3) is 5.91 Å². The largest absolute Gasteiger partial charge is 0.488 e. The molecule has 0 aliphatic heterocycles. The fraction of sp³-hybridized carbons (Fsp3) is 0.130. The standard InChI is InChI=1S/C23H20N2O2/c1-25(2)23(26)21(15-24)14-20-9-5-6-10-22(20)27-16-17-11-12-18-7-3-4-8-19(18)13-17/h3-14H,16H2,1-2H3/b21-14-. The van der Waals surface area contributed by atoms with Gasteiger partial charge in [0.15, 0.2) is 0 Å². The van der Waals surface area contributed by atoms with Crippen molar-refractivity contribution < 1.29 is 9.53 Å². The Hall–Kier alpha value is -3.58. The molecular weight excluding hydrogens is 336 g/mol. The average Bonchev–Trinajstić information content (AvgIpc) is 2.70. The van der Waals surface area contributed by atoms with Crippen molar-refractivity contribution in [2.24, 2.45) is 0 Å². The number of benzene rings is 3. The lowest BCUT2D eigenvalue weighted by molar-refractivity contribution is -0.124. The minimum atomic E-state index is -0.332. The topological polar surface area (TPSA) is 53.3 Å². The third-order valence-corrected chi connectivity index (χ3v) is 4.18. The summed E-state index contributed by atoms with van der Waals surface area (Å²) in [5.41, 5.74) is 1.82. The number of hydrogen-bond acceptors (Lipinski definition) is 3. The summed E-state index contributed by atoms with van der Waals surface area (Å²) in [5, 5.41) is 11.6. The van der Waals surface area contributed by atoms with Crippen LogP contribution in [0.4, 0.5) is 0 Å². The third-order valence-electron chi connectivity index (χ3n) is 4.18. The summed E-state index contributed by atoms with van der Waals surface area (Å²) < 4.78 is 5.98. The van der Waals surface area contributed by atoms with Crippen LogP contribution in [0.1, 0.15) is 11.1 Å². The first-order valence-electron chi connectivity index (χ1n) is 8.61. The van der Waals surface area contributed by atoms with Gasteiger partial charge in [0.2, 0.25) is 0 Å². The Labute approximate surface area is 158 Å². The molecule has 0 bridgehead atoms. The van der Waals surface area contributed by atoms with Crippen molar-refractivity contribution in [3.63, 3.8) is 0 Å². The minimum absolute atomic E-state index is 0.0711. The number of hydrogen-bond donors (Lipinski definition) is 0. The highest BCUT2D eigenvalue weighted by Crippen LogP contribution is 2.23. The molecule has 1 amide bonds. The zero-order valence-corrected chi connectivity index (χ0v) is 15.3. The van der Waals surface area contributed by atoms with Gasteiger partial charge in [-0.05, 0) is 34.5 Å². The van der Waals surface area contributed by atoms with Crippen LogP contribution in [-0.4, -0.2) is 24.9 Å². The van der Waals surface area contributed by atoms with Crippen LogP contribution in [0, 0.1) is 11.3 Å². The number of nitriles is 1. The van der Waals surface area contributed by atoms with E-state index >= 15 is 0 Å². The fourth-order valence-corrected chi connectivity index (χ4v) is 2.76. The molecule has 0 N–H and O–H groups in total. The maximum absolute atomic E-state index is 12.1. The molecule has 134 valence electrons. The van der Waals surface area contributed by atoms with Crippen molar-refractivity contribution in [1.29, 1.82) is 5.26 Å². The van der Waals surface area contributed by atoms with Crippen LogP contribution in [0.15, 0.2) is 72.3 Å². The summed E-state index contributed by atoms with van der Waals surface area (Å²) in [6.07, 6.45) is 1.57. The monoisotopic (exact) mass is 356 g/mol. The maximum atomic E-state index is 12.1. The molecule has 0 spiro atoms. The van der Waals surface area contributed by atoms with E-state index in [2.05, 4.69) is 24.3 Å². The van der Waals surface area contributed by atoms with E-state index in [0.29, 0.717) is 17.9 Å². The Morgan fingerprint density at radius 2 is 1.74 bits per heavy atom. The summed E-state index contributed by atoms with van der Waals surface area (Å²) in [6, 6.07) is 23.7. The molecule has 0 saturated heterocycles. The van der Waals surface area contributed by atoms with Crippen molar-refractivity contribution in [2.75, 3.05) is 14.1 Å². The molecule has 27 heavy (non-hydrogen) atoms. The van der Waals surface area contributed by atoms with Crippen LogP contribution >= 0.6 is 0 Å². The highest BCUT2D eigenvalue weighted by atomic mass is 16.5. The maximum Gasteiger partial charge on any atom is 0.264 e. The molecular formula is C23H20N2O2. The van der Waals surface area contributed by atoms with E-state index < -0.39 is 0 Å². The molecule has 0 radical (unpaired) electrons. The number of likely N-dealkylation sites (N-methyl/N-ethyl adjacent to an activating group) is 1. The molecule has 4 heteroatoms. The summed E-state index contributed by atoms with van der Waals surface area (Å²) in [5.74, 6) is 0.298. The number of ether oxygens (including phenoxy) is 1. The Morgan fingerprint density at radius 1 is 1.04 bits per heavy atom. The van der Waals surface area contributed by atoms with Gasteiger partial charge >= 0.3 is 0 Å². The Kier molecular flexibility index (Phi) is 5.53. The number of fused-ring (bicyclic) bond motifs is 1. The van der Waals surface area contributed by atoms with E-state index in [1.807, 2.05) is 48.5 Å². The van der Waals surface area contributed by atoms with Crippen molar-refractivity contribution >= 4 is 22.8 Å². The van der Waals surface area contributed by atoms with Gasteiger partial charge in [0.05, 0.1) is 0 Å². The van der Waals surface area contributed by atoms with E-state index in [4.69, 9.17) is 4.74 Å². The van der Waals surface area contributed by atoms with E-state index in [-0.39, 0.29) is 11.5 Å². The highest BCUT2D eigenvalue weighted by Gasteiger charge is 2.12. The number of carbonyl (C=O) groups is 1. The van der Waals surface area contributed by atoms with E-state index in [9.17, 15) is 10.1 Å². The molecule has 0 unspecified atom stereocenters. The van der Waals surface area contributed by atoms with Crippen LogP contribution < -0.4 is 4.74 Å². The van der Waals surface area contributed by atoms with Gasteiger partial charge in [0, 0.05) is 19.7 Å². The number of rotatable bonds is 5. The highest BCUT2D eigenvalue weighted by molar-refractivity contribution is 6.01. The molecule has 3 aromatic carbocycles. The van der Waals surface area contributed by atoms with Crippen LogP contribution in [0.3, 0.4) is 0 Å². The quantitative estimate of drug-likeness (QED) is 0.502. The molecule has 0 aromatic heterocycles. The first-order valence-corrected chi connectivity index (χ1v) is 8.61. The lowest BCUT2D eigenvalue weighted by Gasteiger charge is -2.12. The molecule has 3 rings (SSSR count). The number of para-hydroxylation sites is 1. The Bertz CT molecular complexity index is 1050. The van der Waals surface area contributed by atoms with Crippen molar-refractivity contribution in [2.45, 2.75) is 6.61 Å². The summed E-state index contributed by atoms with van der Waals surface area (Å²) >= 11 is 0. The molecule has 3 aromatic rings. The van der Waals surface area contributed by atoms with E-state index in [1.54, 1.807) is 20.2 Å². The fourth-order valence-electron chi connectivity index (χ4n) is 2.76. The van der Waals surface area contributed by atoms with Crippen LogP contribution in [0.25, 0.3) is 16.8 Å². The second-order valence-corrected chi connectivity index (χ2v) is 6.38. The zero-order valence-electron chi connectivity index (χ0n) is 15.3. The van der Waals surface area contributed by atoms with Gasteiger partial charge in [-0.1, -0.05) is 54.6 Å². The summed E-state index contributed by atoms with van der Waals surface area (Å²) in [4.78, 5) is 13.5. The van der Waals surface area contributed by atoms with Crippen LogP contribution in [0.2, 0.25) is 0 Å². The summed E-state index contributed by atoms with van der Waals surface area (Å²) in [7, 11) is 3.24. The normalized spacial score (nSPS) is 11.1. The van der Waals surface area contributed by atoms with Gasteiger partial charge in [-0.15, -0.1) is 0 Å². The zero-order chi connectivity index (χ0) is 19.2. The van der Waals surface area contributed by atoms with Gasteiger partial charge in [-0.2, -0.15) is 5.26 Å². The second-order valence-electron chi connectivity index (χ2n) is 6.38. The minimum Gasteiger partial charge on any atom is -0.488 e. The van der Waals surface area contributed by atoms with Gasteiger partial charge in [-0.25, -0.2) is 0 Å². The first kappa shape index (κ1) is 18.2. The van der Waals surface area contributed by atoms with Crippen molar-refractivity contribution in [1.82, 2.24) is 4.90 Å². The van der Waals surface area contributed by atoms with Gasteiger partial charge < -0.3 is 9.64 Å². The number of nitrogens with zero attached hydrogens (tertiary/aromatic N) is 2. The number of carbonyl (C=O) groups excluding carboxylic acids is 1. The Morgan fingerprint density at radius 3 is 2.48 bits per heavy atom. The van der Waals surface area contributed by atoms with E-state index in [0.717, 1.165) is 10.9 Å². The van der Waals surface area contributed by atoms with Crippen molar-refractivity contribution in [3.8, 4) is 11.8 Å². The molecule has 0 heterocycles. The smallest absolute Gasteiger partial charge is 0.264 e. The predicted molar refractivity (Wildman–Crippen MR) is 107 cm³/mol. The lowest BCUT2D eigenvalue weighted by Crippen LogP contribution is -2.22. The lowest BCUT2D eigenvalue weighted by atomic mass is 10.1.